The maximum Gasteiger partial charge on any atom is 0.256 e. The quantitative estimate of drug-likeness (QED) is 0.611. The van der Waals surface area contributed by atoms with Crippen LogP contribution in [0.15, 0.2) is 59.3 Å². The van der Waals surface area contributed by atoms with Gasteiger partial charge in [-0.05, 0) is 49.6 Å². The van der Waals surface area contributed by atoms with Crippen LogP contribution >= 0.6 is 23.4 Å². The number of amides is 1. The number of halogens is 1. The van der Waals surface area contributed by atoms with E-state index in [0.29, 0.717) is 4.91 Å². The number of thioether (sulfide) groups is 1. The van der Waals surface area contributed by atoms with Crippen LogP contribution in [-0.4, -0.2) is 22.3 Å². The Morgan fingerprint density at radius 1 is 1.21 bits per heavy atom. The van der Waals surface area contributed by atoms with Crippen molar-refractivity contribution in [1.82, 2.24) is 9.88 Å². The number of nitrogens with zero attached hydrogens (tertiary/aromatic N) is 1. The minimum atomic E-state index is -0.360. The zero-order valence-corrected chi connectivity index (χ0v) is 17.4. The standard InChI is InChI=1S/C22H22ClN3OS/c1-13-3-5-15(6-4-13)22-26(14(2)20(28-22)21(24)27)10-9-16-12-25-19-8-7-17(23)11-18(16)19/h3-8,11-12,22,25H,9-10H2,1-2H3,(H2,24,27). The summed E-state index contributed by atoms with van der Waals surface area (Å²) >= 11 is 7.72. The Hall–Kier alpha value is -2.37. The Bertz CT molecular complexity index is 1070. The number of rotatable bonds is 5. The summed E-state index contributed by atoms with van der Waals surface area (Å²) in [7, 11) is 0. The van der Waals surface area contributed by atoms with Crippen LogP contribution in [0.4, 0.5) is 0 Å². The number of fused-ring (bicyclic) bond motifs is 1. The van der Waals surface area contributed by atoms with E-state index in [9.17, 15) is 4.79 Å². The molecule has 0 spiro atoms. The molecular formula is C22H22ClN3OS. The van der Waals surface area contributed by atoms with Crippen molar-refractivity contribution in [3.63, 3.8) is 0 Å². The first kappa shape index (κ1) is 19.0. The molecule has 2 heterocycles. The van der Waals surface area contributed by atoms with Gasteiger partial charge >= 0.3 is 0 Å². The molecule has 3 aromatic rings. The number of carbonyl (C=O) groups excluding carboxylic acids is 1. The highest BCUT2D eigenvalue weighted by molar-refractivity contribution is 8.04. The van der Waals surface area contributed by atoms with Crippen LogP contribution in [0.5, 0.6) is 0 Å². The van der Waals surface area contributed by atoms with Gasteiger partial charge in [0, 0.05) is 34.4 Å². The summed E-state index contributed by atoms with van der Waals surface area (Å²) in [5.74, 6) is -0.360. The molecule has 144 valence electrons. The molecule has 1 unspecified atom stereocenters. The number of benzene rings is 2. The summed E-state index contributed by atoms with van der Waals surface area (Å²) in [6, 6.07) is 14.3. The smallest absolute Gasteiger partial charge is 0.256 e. The van der Waals surface area contributed by atoms with Crippen LogP contribution in [0, 0.1) is 6.92 Å². The number of primary amides is 1. The van der Waals surface area contributed by atoms with Gasteiger partial charge in [-0.2, -0.15) is 0 Å². The van der Waals surface area contributed by atoms with Gasteiger partial charge in [0.2, 0.25) is 0 Å². The first-order chi connectivity index (χ1) is 13.4. The Morgan fingerprint density at radius 3 is 2.68 bits per heavy atom. The van der Waals surface area contributed by atoms with E-state index < -0.39 is 0 Å². The molecular weight excluding hydrogens is 390 g/mol. The lowest BCUT2D eigenvalue weighted by Gasteiger charge is -2.28. The Morgan fingerprint density at radius 2 is 1.96 bits per heavy atom. The predicted molar refractivity (Wildman–Crippen MR) is 117 cm³/mol. The molecule has 1 aromatic heterocycles. The Labute approximate surface area is 173 Å². The van der Waals surface area contributed by atoms with Gasteiger partial charge in [0.05, 0.1) is 4.91 Å². The van der Waals surface area contributed by atoms with Crippen molar-refractivity contribution in [3.8, 4) is 0 Å². The molecule has 1 aliphatic rings. The third kappa shape index (κ3) is 3.52. The highest BCUT2D eigenvalue weighted by Crippen LogP contribution is 2.47. The second-order valence-corrected chi connectivity index (χ2v) is 8.63. The molecule has 1 amide bonds. The largest absolute Gasteiger partial charge is 0.365 e. The summed E-state index contributed by atoms with van der Waals surface area (Å²) in [4.78, 5) is 18.2. The molecule has 0 saturated heterocycles. The SMILES string of the molecule is CC1=C(C(N)=O)SC(c2ccc(C)cc2)N1CCc1c[nH]c2ccc(Cl)cc12. The Kier molecular flexibility index (Phi) is 5.13. The summed E-state index contributed by atoms with van der Waals surface area (Å²) < 4.78 is 0. The molecule has 4 nitrogen and oxygen atoms in total. The van der Waals surface area contributed by atoms with E-state index in [2.05, 4.69) is 41.1 Å². The molecule has 1 atom stereocenters. The van der Waals surface area contributed by atoms with Gasteiger partial charge in [-0.3, -0.25) is 4.79 Å². The first-order valence-electron chi connectivity index (χ1n) is 9.20. The maximum absolute atomic E-state index is 11.9. The van der Waals surface area contributed by atoms with Crippen molar-refractivity contribution in [2.75, 3.05) is 6.54 Å². The summed E-state index contributed by atoms with van der Waals surface area (Å²) in [6.45, 7) is 4.84. The summed E-state index contributed by atoms with van der Waals surface area (Å²) in [6.07, 6.45) is 2.88. The van der Waals surface area contributed by atoms with E-state index >= 15 is 0 Å². The fourth-order valence-corrected chi connectivity index (χ4v) is 5.15. The normalized spacial score (nSPS) is 17.0. The number of aromatic amines is 1. The predicted octanol–water partition coefficient (Wildman–Crippen LogP) is 5.14. The van der Waals surface area contributed by atoms with Crippen molar-refractivity contribution in [1.29, 1.82) is 0 Å². The summed E-state index contributed by atoms with van der Waals surface area (Å²) in [5, 5.41) is 1.93. The van der Waals surface area contributed by atoms with Gasteiger partial charge in [-0.15, -0.1) is 0 Å². The van der Waals surface area contributed by atoms with Crippen LogP contribution in [-0.2, 0) is 11.2 Å². The first-order valence-corrected chi connectivity index (χ1v) is 10.5. The number of hydrogen-bond acceptors (Lipinski definition) is 3. The number of aryl methyl sites for hydroxylation is 1. The molecule has 2 aromatic carbocycles. The topological polar surface area (TPSA) is 62.1 Å². The number of allylic oxidation sites excluding steroid dienone is 1. The molecule has 0 aliphatic carbocycles. The minimum absolute atomic E-state index is 0.0527. The monoisotopic (exact) mass is 411 g/mol. The fraction of sp³-hybridized carbons (Fsp3) is 0.227. The van der Waals surface area contributed by atoms with Crippen LogP contribution in [0.2, 0.25) is 5.02 Å². The number of hydrogen-bond donors (Lipinski definition) is 2. The lowest BCUT2D eigenvalue weighted by Crippen LogP contribution is -2.24. The number of H-pyrrole nitrogens is 1. The van der Waals surface area contributed by atoms with Crippen molar-refractivity contribution < 1.29 is 4.79 Å². The third-order valence-electron chi connectivity index (χ3n) is 5.21. The van der Waals surface area contributed by atoms with Crippen LogP contribution in [0.1, 0.15) is 29.0 Å². The van der Waals surface area contributed by atoms with Gasteiger partial charge in [-0.25, -0.2) is 0 Å². The van der Waals surface area contributed by atoms with E-state index in [1.807, 2.05) is 31.3 Å². The highest BCUT2D eigenvalue weighted by atomic mass is 35.5. The van der Waals surface area contributed by atoms with E-state index in [0.717, 1.165) is 34.6 Å². The van der Waals surface area contributed by atoms with Gasteiger partial charge < -0.3 is 15.6 Å². The van der Waals surface area contributed by atoms with Crippen molar-refractivity contribution in [3.05, 3.63) is 81.0 Å². The molecule has 0 fully saturated rings. The zero-order chi connectivity index (χ0) is 19.8. The highest BCUT2D eigenvalue weighted by Gasteiger charge is 2.33. The van der Waals surface area contributed by atoms with E-state index in [-0.39, 0.29) is 11.3 Å². The lowest BCUT2D eigenvalue weighted by molar-refractivity contribution is -0.114. The summed E-state index contributed by atoms with van der Waals surface area (Å²) in [5.41, 5.74) is 11.3. The maximum atomic E-state index is 11.9. The number of aromatic nitrogens is 1. The zero-order valence-electron chi connectivity index (χ0n) is 15.8. The second kappa shape index (κ2) is 7.57. The molecule has 4 rings (SSSR count). The molecule has 6 heteroatoms. The number of nitrogens with two attached hydrogens (primary N) is 1. The van der Waals surface area contributed by atoms with Crippen LogP contribution in [0.25, 0.3) is 10.9 Å². The van der Waals surface area contributed by atoms with Gasteiger partial charge in [0.1, 0.15) is 5.37 Å². The number of nitrogens with one attached hydrogen (secondary N) is 1. The molecule has 3 N–H and O–H groups in total. The van der Waals surface area contributed by atoms with Gasteiger partial charge in [-0.1, -0.05) is 53.2 Å². The molecule has 0 bridgehead atoms. The molecule has 28 heavy (non-hydrogen) atoms. The van der Waals surface area contributed by atoms with Gasteiger partial charge in [0.15, 0.2) is 0 Å². The lowest BCUT2D eigenvalue weighted by atomic mass is 10.1. The average Bonchev–Trinajstić information content (AvgIpc) is 3.21. The second-order valence-electron chi connectivity index (χ2n) is 7.11. The Balaban J connectivity index is 1.62. The van der Waals surface area contributed by atoms with E-state index in [4.69, 9.17) is 17.3 Å². The van der Waals surface area contributed by atoms with Crippen molar-refractivity contribution in [2.24, 2.45) is 5.73 Å². The number of carbonyl (C=O) groups is 1. The fourth-order valence-electron chi connectivity index (χ4n) is 3.67. The molecule has 1 aliphatic heterocycles. The minimum Gasteiger partial charge on any atom is -0.365 e. The van der Waals surface area contributed by atoms with E-state index in [1.54, 1.807) is 0 Å². The van der Waals surface area contributed by atoms with Crippen LogP contribution in [0.3, 0.4) is 0 Å². The van der Waals surface area contributed by atoms with Crippen LogP contribution < -0.4 is 5.73 Å². The van der Waals surface area contributed by atoms with Gasteiger partial charge in [0.25, 0.3) is 5.91 Å². The van der Waals surface area contributed by atoms with Crippen molar-refractivity contribution in [2.45, 2.75) is 25.6 Å². The van der Waals surface area contributed by atoms with E-state index in [1.165, 1.54) is 28.5 Å². The molecule has 0 saturated carbocycles. The van der Waals surface area contributed by atoms with Crippen molar-refractivity contribution >= 4 is 40.2 Å². The average molecular weight is 412 g/mol. The third-order valence-corrected chi connectivity index (χ3v) is 6.93. The molecule has 0 radical (unpaired) electrons.